The van der Waals surface area contributed by atoms with Crippen molar-refractivity contribution in [2.45, 2.75) is 0 Å². The van der Waals surface area contributed by atoms with Crippen LogP contribution in [0.2, 0.25) is 0 Å². The van der Waals surface area contributed by atoms with E-state index in [1.807, 2.05) is 30.3 Å². The van der Waals surface area contributed by atoms with Crippen molar-refractivity contribution in [3.63, 3.8) is 0 Å². The highest BCUT2D eigenvalue weighted by atomic mass is 16.4. The van der Waals surface area contributed by atoms with E-state index in [4.69, 9.17) is 10.5 Å². The van der Waals surface area contributed by atoms with Gasteiger partial charge in [-0.1, -0.05) is 30.3 Å². The van der Waals surface area contributed by atoms with Crippen LogP contribution in [0.15, 0.2) is 48.5 Å². The number of benzene rings is 2. The first-order valence-electron chi connectivity index (χ1n) is 5.83. The highest BCUT2D eigenvalue weighted by molar-refractivity contribution is 6.14. The number of carboxylic acids is 1. The smallest absolute Gasteiger partial charge is 0.335 e. The Labute approximate surface area is 111 Å². The Morgan fingerprint density at radius 1 is 1.11 bits per heavy atom. The van der Waals surface area contributed by atoms with Crippen LogP contribution in [-0.4, -0.2) is 23.8 Å². The van der Waals surface area contributed by atoms with Crippen LogP contribution in [0.4, 0.5) is 5.69 Å². The number of hydrogen-bond donors (Lipinski definition) is 3. The molecule has 2 aromatic rings. The molecule has 0 aliphatic rings. The van der Waals surface area contributed by atoms with E-state index in [0.717, 1.165) is 11.3 Å². The standard InChI is InChI=1S/C15H14N2O2/c1-17-13-8-7-11(15(18)19)9-12(13)14(16)10-5-3-2-4-6-10/h2-9,16-17H,1H3,(H,18,19). The molecule has 0 fully saturated rings. The first-order chi connectivity index (χ1) is 9.13. The summed E-state index contributed by atoms with van der Waals surface area (Å²) in [6.45, 7) is 0. The summed E-state index contributed by atoms with van der Waals surface area (Å²) in [5, 5.41) is 20.2. The van der Waals surface area contributed by atoms with Gasteiger partial charge in [0.15, 0.2) is 0 Å². The molecule has 0 aromatic heterocycles. The summed E-state index contributed by atoms with van der Waals surface area (Å²) in [6.07, 6.45) is 0. The van der Waals surface area contributed by atoms with E-state index in [0.29, 0.717) is 11.3 Å². The van der Waals surface area contributed by atoms with Crippen molar-refractivity contribution in [2.24, 2.45) is 0 Å². The van der Waals surface area contributed by atoms with Gasteiger partial charge in [-0.2, -0.15) is 0 Å². The lowest BCUT2D eigenvalue weighted by Crippen LogP contribution is -2.08. The molecule has 2 aromatic carbocycles. The van der Waals surface area contributed by atoms with Crippen molar-refractivity contribution >= 4 is 17.4 Å². The van der Waals surface area contributed by atoms with Gasteiger partial charge in [0.2, 0.25) is 0 Å². The van der Waals surface area contributed by atoms with Gasteiger partial charge in [0, 0.05) is 23.9 Å². The SMILES string of the molecule is CNc1ccc(C(=O)O)cc1C(=N)c1ccccc1. The molecule has 4 heteroatoms. The highest BCUT2D eigenvalue weighted by Gasteiger charge is 2.12. The third kappa shape index (κ3) is 2.63. The second-order valence-corrected chi connectivity index (χ2v) is 4.06. The summed E-state index contributed by atoms with van der Waals surface area (Å²) in [6, 6.07) is 14.0. The quantitative estimate of drug-likeness (QED) is 0.734. The van der Waals surface area contributed by atoms with Crippen molar-refractivity contribution in [2.75, 3.05) is 12.4 Å². The largest absolute Gasteiger partial charge is 0.478 e. The summed E-state index contributed by atoms with van der Waals surface area (Å²) in [4.78, 5) is 11.0. The molecule has 0 atom stereocenters. The fourth-order valence-corrected chi connectivity index (χ4v) is 1.86. The van der Waals surface area contributed by atoms with Crippen LogP contribution < -0.4 is 5.32 Å². The number of carbonyl (C=O) groups is 1. The summed E-state index contributed by atoms with van der Waals surface area (Å²) >= 11 is 0. The molecule has 19 heavy (non-hydrogen) atoms. The fourth-order valence-electron chi connectivity index (χ4n) is 1.86. The number of anilines is 1. The van der Waals surface area contributed by atoms with Crippen molar-refractivity contribution in [3.8, 4) is 0 Å². The Hall–Kier alpha value is -2.62. The van der Waals surface area contributed by atoms with Gasteiger partial charge < -0.3 is 10.4 Å². The predicted molar refractivity (Wildman–Crippen MR) is 75.3 cm³/mol. The van der Waals surface area contributed by atoms with Gasteiger partial charge in [0.25, 0.3) is 0 Å². The van der Waals surface area contributed by atoms with Crippen LogP contribution >= 0.6 is 0 Å². The molecule has 0 spiro atoms. The molecular weight excluding hydrogens is 240 g/mol. The van der Waals surface area contributed by atoms with E-state index < -0.39 is 5.97 Å². The number of carboxylic acid groups (broad SMARTS) is 1. The van der Waals surface area contributed by atoms with Gasteiger partial charge in [0.1, 0.15) is 0 Å². The van der Waals surface area contributed by atoms with Gasteiger partial charge in [-0.05, 0) is 18.2 Å². The summed E-state index contributed by atoms with van der Waals surface area (Å²) in [5.74, 6) is -0.996. The zero-order valence-corrected chi connectivity index (χ0v) is 10.5. The topological polar surface area (TPSA) is 73.2 Å². The highest BCUT2D eigenvalue weighted by Crippen LogP contribution is 2.21. The molecule has 0 saturated heterocycles. The Balaban J connectivity index is 2.51. The van der Waals surface area contributed by atoms with Gasteiger partial charge in [-0.15, -0.1) is 0 Å². The molecule has 0 radical (unpaired) electrons. The van der Waals surface area contributed by atoms with E-state index in [1.54, 1.807) is 13.1 Å². The van der Waals surface area contributed by atoms with Crippen LogP contribution in [0.5, 0.6) is 0 Å². The summed E-state index contributed by atoms with van der Waals surface area (Å²) < 4.78 is 0. The Bertz CT molecular complexity index is 621. The number of nitrogens with one attached hydrogen (secondary N) is 2. The third-order valence-corrected chi connectivity index (χ3v) is 2.87. The lowest BCUT2D eigenvalue weighted by Gasteiger charge is -2.11. The number of aromatic carboxylic acids is 1. The van der Waals surface area contributed by atoms with Gasteiger partial charge in [-0.25, -0.2) is 4.79 Å². The van der Waals surface area contributed by atoms with Gasteiger partial charge >= 0.3 is 5.97 Å². The van der Waals surface area contributed by atoms with E-state index in [-0.39, 0.29) is 5.56 Å². The maximum Gasteiger partial charge on any atom is 0.335 e. The first-order valence-corrected chi connectivity index (χ1v) is 5.83. The van der Waals surface area contributed by atoms with Gasteiger partial charge in [0.05, 0.1) is 11.3 Å². The maximum absolute atomic E-state index is 11.0. The van der Waals surface area contributed by atoms with Crippen molar-refractivity contribution in [3.05, 3.63) is 65.2 Å². The zero-order chi connectivity index (χ0) is 13.8. The van der Waals surface area contributed by atoms with Crippen LogP contribution in [0, 0.1) is 5.41 Å². The minimum atomic E-state index is -0.996. The van der Waals surface area contributed by atoms with Crippen molar-refractivity contribution in [1.82, 2.24) is 0 Å². The van der Waals surface area contributed by atoms with E-state index in [2.05, 4.69) is 5.32 Å². The second kappa shape index (κ2) is 5.35. The molecule has 96 valence electrons. The number of rotatable bonds is 4. The van der Waals surface area contributed by atoms with Crippen LogP contribution in [0.3, 0.4) is 0 Å². The Kier molecular flexibility index (Phi) is 3.61. The van der Waals surface area contributed by atoms with Crippen LogP contribution in [0.1, 0.15) is 21.5 Å². The third-order valence-electron chi connectivity index (χ3n) is 2.87. The van der Waals surface area contributed by atoms with Crippen LogP contribution in [0.25, 0.3) is 0 Å². The lowest BCUT2D eigenvalue weighted by molar-refractivity contribution is 0.0697. The average Bonchev–Trinajstić information content (AvgIpc) is 2.46. The van der Waals surface area contributed by atoms with E-state index in [1.165, 1.54) is 12.1 Å². The zero-order valence-electron chi connectivity index (χ0n) is 10.5. The van der Waals surface area contributed by atoms with Crippen molar-refractivity contribution < 1.29 is 9.90 Å². The minimum absolute atomic E-state index is 0.176. The molecule has 0 saturated carbocycles. The normalized spacial score (nSPS) is 9.95. The average molecular weight is 254 g/mol. The molecule has 0 amide bonds. The predicted octanol–water partition coefficient (Wildman–Crippen LogP) is 2.84. The Morgan fingerprint density at radius 3 is 2.37 bits per heavy atom. The Morgan fingerprint density at radius 2 is 1.79 bits per heavy atom. The summed E-state index contributed by atoms with van der Waals surface area (Å²) in [7, 11) is 1.75. The first kappa shape index (κ1) is 12.8. The summed E-state index contributed by atoms with van der Waals surface area (Å²) in [5.41, 5.74) is 2.54. The van der Waals surface area contributed by atoms with Crippen LogP contribution in [-0.2, 0) is 0 Å². The molecule has 0 heterocycles. The fraction of sp³-hybridized carbons (Fsp3) is 0.0667. The molecule has 2 rings (SSSR count). The molecular formula is C15H14N2O2. The molecule has 4 nitrogen and oxygen atoms in total. The van der Waals surface area contributed by atoms with Gasteiger partial charge in [-0.3, -0.25) is 5.41 Å². The van der Waals surface area contributed by atoms with Crippen molar-refractivity contribution in [1.29, 1.82) is 5.41 Å². The molecule has 0 aliphatic carbocycles. The lowest BCUT2D eigenvalue weighted by atomic mass is 9.98. The minimum Gasteiger partial charge on any atom is -0.478 e. The molecule has 0 unspecified atom stereocenters. The molecule has 0 bridgehead atoms. The maximum atomic E-state index is 11.0. The molecule has 0 aliphatic heterocycles. The van der Waals surface area contributed by atoms with E-state index >= 15 is 0 Å². The van der Waals surface area contributed by atoms with E-state index in [9.17, 15) is 4.79 Å². The monoisotopic (exact) mass is 254 g/mol. The number of hydrogen-bond acceptors (Lipinski definition) is 3. The second-order valence-electron chi connectivity index (χ2n) is 4.06. The molecule has 3 N–H and O–H groups in total.